The molecule has 0 radical (unpaired) electrons. The first kappa shape index (κ1) is 26.7. The van der Waals surface area contributed by atoms with E-state index in [1.165, 1.54) is 23.5 Å². The molecule has 0 aliphatic heterocycles. The summed E-state index contributed by atoms with van der Waals surface area (Å²) in [5.74, 6) is -0.0267. The smallest absolute Gasteiger partial charge is 0.416 e. The Balaban J connectivity index is 1.55. The molecule has 1 atom stereocenters. The lowest BCUT2D eigenvalue weighted by Gasteiger charge is -2.15. The van der Waals surface area contributed by atoms with Crippen LogP contribution in [0.25, 0.3) is 21.5 Å². The number of alkyl halides is 3. The molecule has 0 amide bonds. The number of ether oxygens (including phenoxy) is 1. The van der Waals surface area contributed by atoms with E-state index in [0.717, 1.165) is 39.2 Å². The van der Waals surface area contributed by atoms with Crippen LogP contribution in [-0.4, -0.2) is 27.2 Å². The van der Waals surface area contributed by atoms with Gasteiger partial charge in [-0.1, -0.05) is 32.9 Å². The third-order valence-electron chi connectivity index (χ3n) is 6.25. The van der Waals surface area contributed by atoms with Crippen LogP contribution >= 0.6 is 11.3 Å². The molecule has 196 valence electrons. The predicted octanol–water partition coefficient (Wildman–Crippen LogP) is 7.74. The van der Waals surface area contributed by atoms with Gasteiger partial charge >= 0.3 is 12.1 Å². The molecular weight excluding hydrogens is 501 g/mol. The summed E-state index contributed by atoms with van der Waals surface area (Å²) in [5, 5.41) is 10.8. The molecule has 0 bridgehead atoms. The van der Waals surface area contributed by atoms with Gasteiger partial charge in [0.05, 0.1) is 29.8 Å². The Morgan fingerprint density at radius 3 is 2.43 bits per heavy atom. The highest BCUT2D eigenvalue weighted by molar-refractivity contribution is 7.15. The Morgan fingerprint density at radius 1 is 1.14 bits per heavy atom. The Labute approximate surface area is 217 Å². The van der Waals surface area contributed by atoms with Crippen molar-refractivity contribution in [2.45, 2.75) is 58.7 Å². The summed E-state index contributed by atoms with van der Waals surface area (Å²) in [4.78, 5) is 17.0. The van der Waals surface area contributed by atoms with Gasteiger partial charge in [0, 0.05) is 40.6 Å². The zero-order valence-corrected chi connectivity index (χ0v) is 21.9. The van der Waals surface area contributed by atoms with Gasteiger partial charge in [-0.3, -0.25) is 4.79 Å². The van der Waals surface area contributed by atoms with Crippen molar-refractivity contribution in [2.75, 3.05) is 6.61 Å². The predicted molar refractivity (Wildman–Crippen MR) is 140 cm³/mol. The van der Waals surface area contributed by atoms with Crippen molar-refractivity contribution in [1.29, 1.82) is 0 Å². The maximum Gasteiger partial charge on any atom is 0.416 e. The standard InChI is InChI=1S/C28H29F3N2O3S/c1-5-33-14-19(12-24(34)35)22-11-10-21(13-23(22)33)36-15-17(4)26-25(16(2)3)32-27(37-26)18-6-8-20(9-7-18)28(29,30)31/h6-11,13-14,16-17H,5,12,15H2,1-4H3,(H,34,35). The lowest BCUT2D eigenvalue weighted by molar-refractivity contribution is -0.138. The minimum absolute atomic E-state index is 0.00864. The van der Waals surface area contributed by atoms with Gasteiger partial charge in [0.1, 0.15) is 10.8 Å². The first-order chi connectivity index (χ1) is 17.5. The number of aryl methyl sites for hydroxylation is 1. The van der Waals surface area contributed by atoms with Crippen LogP contribution in [0.2, 0.25) is 0 Å². The number of nitrogens with zero attached hydrogens (tertiary/aromatic N) is 2. The van der Waals surface area contributed by atoms with Crippen molar-refractivity contribution in [3.8, 4) is 16.3 Å². The minimum Gasteiger partial charge on any atom is -0.493 e. The lowest BCUT2D eigenvalue weighted by atomic mass is 10.0. The summed E-state index contributed by atoms with van der Waals surface area (Å²) >= 11 is 1.48. The SMILES string of the molecule is CCn1cc(CC(=O)O)c2ccc(OCC(C)c3sc(-c4ccc(C(F)(F)F)cc4)nc3C(C)C)cc21. The molecule has 2 aromatic heterocycles. The highest BCUT2D eigenvalue weighted by Crippen LogP contribution is 2.38. The van der Waals surface area contributed by atoms with Gasteiger partial charge in [0.25, 0.3) is 0 Å². The van der Waals surface area contributed by atoms with Gasteiger partial charge in [-0.05, 0) is 42.7 Å². The molecule has 0 saturated heterocycles. The number of hydrogen-bond donors (Lipinski definition) is 1. The number of aliphatic carboxylic acids is 1. The van der Waals surface area contributed by atoms with E-state index in [4.69, 9.17) is 9.72 Å². The van der Waals surface area contributed by atoms with E-state index in [0.29, 0.717) is 29.5 Å². The number of benzene rings is 2. The van der Waals surface area contributed by atoms with Crippen molar-refractivity contribution < 1.29 is 27.8 Å². The fourth-order valence-corrected chi connectivity index (χ4v) is 5.60. The van der Waals surface area contributed by atoms with Gasteiger partial charge in [0.2, 0.25) is 0 Å². The number of thiazole rings is 1. The quantitative estimate of drug-likeness (QED) is 0.240. The number of carboxylic acids is 1. The summed E-state index contributed by atoms with van der Waals surface area (Å²) in [7, 11) is 0. The Bertz CT molecular complexity index is 1400. The molecule has 9 heteroatoms. The molecule has 4 aromatic rings. The second-order valence-corrected chi connectivity index (χ2v) is 10.4. The first-order valence-electron chi connectivity index (χ1n) is 12.1. The maximum absolute atomic E-state index is 13.0. The average molecular weight is 531 g/mol. The number of carbonyl (C=O) groups is 1. The largest absolute Gasteiger partial charge is 0.493 e. The second kappa shape index (κ2) is 10.6. The second-order valence-electron chi connectivity index (χ2n) is 9.40. The van der Waals surface area contributed by atoms with E-state index in [2.05, 4.69) is 0 Å². The highest BCUT2D eigenvalue weighted by atomic mass is 32.1. The van der Waals surface area contributed by atoms with E-state index >= 15 is 0 Å². The molecule has 0 saturated carbocycles. The van der Waals surface area contributed by atoms with E-state index in [1.807, 2.05) is 56.7 Å². The van der Waals surface area contributed by atoms with E-state index in [1.54, 1.807) is 0 Å². The zero-order valence-electron chi connectivity index (χ0n) is 21.1. The van der Waals surface area contributed by atoms with Gasteiger partial charge < -0.3 is 14.4 Å². The van der Waals surface area contributed by atoms with Crippen LogP contribution in [-0.2, 0) is 23.9 Å². The van der Waals surface area contributed by atoms with Crippen LogP contribution < -0.4 is 4.74 Å². The van der Waals surface area contributed by atoms with Gasteiger partial charge in [-0.2, -0.15) is 13.2 Å². The minimum atomic E-state index is -4.37. The number of fused-ring (bicyclic) bond motifs is 1. The maximum atomic E-state index is 13.0. The van der Waals surface area contributed by atoms with Crippen molar-refractivity contribution >= 4 is 28.2 Å². The molecule has 2 heterocycles. The topological polar surface area (TPSA) is 64.4 Å². The molecule has 4 rings (SSSR count). The molecule has 0 aliphatic carbocycles. The third-order valence-corrected chi connectivity index (χ3v) is 7.61. The van der Waals surface area contributed by atoms with Gasteiger partial charge in [-0.15, -0.1) is 11.3 Å². The normalized spacial score (nSPS) is 12.9. The van der Waals surface area contributed by atoms with Crippen LogP contribution in [0.5, 0.6) is 5.75 Å². The summed E-state index contributed by atoms with van der Waals surface area (Å²) < 4.78 is 47.0. The van der Waals surface area contributed by atoms with Crippen molar-refractivity contribution in [3.63, 3.8) is 0 Å². The summed E-state index contributed by atoms with van der Waals surface area (Å²) in [6.07, 6.45) is -2.54. The number of rotatable bonds is 9. The molecule has 1 unspecified atom stereocenters. The average Bonchev–Trinajstić information content (AvgIpc) is 3.44. The first-order valence-corrected chi connectivity index (χ1v) is 12.9. The van der Waals surface area contributed by atoms with Crippen molar-refractivity contribution in [1.82, 2.24) is 9.55 Å². The molecule has 0 aliphatic rings. The molecule has 5 nitrogen and oxygen atoms in total. The van der Waals surface area contributed by atoms with E-state index < -0.39 is 17.7 Å². The Morgan fingerprint density at radius 2 is 1.84 bits per heavy atom. The van der Waals surface area contributed by atoms with Gasteiger partial charge in [-0.25, -0.2) is 4.98 Å². The van der Waals surface area contributed by atoms with Crippen LogP contribution in [0, 0.1) is 0 Å². The molecule has 0 fully saturated rings. The molecular formula is C28H29F3N2O3S. The molecule has 0 spiro atoms. The highest BCUT2D eigenvalue weighted by Gasteiger charge is 2.30. The van der Waals surface area contributed by atoms with Crippen molar-refractivity contribution in [2.24, 2.45) is 0 Å². The van der Waals surface area contributed by atoms with E-state index in [-0.39, 0.29) is 18.3 Å². The van der Waals surface area contributed by atoms with E-state index in [9.17, 15) is 23.1 Å². The third kappa shape index (κ3) is 5.82. The molecule has 1 N–H and O–H groups in total. The number of aromatic nitrogens is 2. The fourth-order valence-electron chi connectivity index (χ4n) is 4.34. The number of carboxylic acid groups (broad SMARTS) is 1. The lowest BCUT2D eigenvalue weighted by Crippen LogP contribution is -2.08. The Kier molecular flexibility index (Phi) is 7.64. The van der Waals surface area contributed by atoms with Crippen LogP contribution in [0.4, 0.5) is 13.2 Å². The number of hydrogen-bond acceptors (Lipinski definition) is 4. The Hall–Kier alpha value is -3.33. The van der Waals surface area contributed by atoms with Crippen molar-refractivity contribution in [3.05, 3.63) is 70.4 Å². The molecule has 2 aromatic carbocycles. The van der Waals surface area contributed by atoms with Crippen LogP contribution in [0.1, 0.15) is 61.2 Å². The summed E-state index contributed by atoms with van der Waals surface area (Å²) in [5.41, 5.74) is 2.59. The summed E-state index contributed by atoms with van der Waals surface area (Å²) in [6, 6.07) is 10.8. The summed E-state index contributed by atoms with van der Waals surface area (Å²) in [6.45, 7) is 9.25. The van der Waals surface area contributed by atoms with Crippen LogP contribution in [0.15, 0.2) is 48.7 Å². The van der Waals surface area contributed by atoms with Crippen LogP contribution in [0.3, 0.4) is 0 Å². The number of halogens is 3. The zero-order chi connectivity index (χ0) is 26.9. The fraction of sp³-hybridized carbons (Fsp3) is 0.357. The van der Waals surface area contributed by atoms with Gasteiger partial charge in [0.15, 0.2) is 0 Å². The monoisotopic (exact) mass is 530 g/mol. The molecule has 37 heavy (non-hydrogen) atoms.